The van der Waals surface area contributed by atoms with E-state index in [1.54, 1.807) is 37.4 Å². The maximum atomic E-state index is 12.7. The number of nitrogens with one attached hydrogen (secondary N) is 2. The number of ether oxygens (including phenoxy) is 1. The summed E-state index contributed by atoms with van der Waals surface area (Å²) in [4.78, 5) is 17.4. The maximum Gasteiger partial charge on any atom is 0.257 e. The summed E-state index contributed by atoms with van der Waals surface area (Å²) >= 11 is 6.16. The smallest absolute Gasteiger partial charge is 0.257 e. The van der Waals surface area contributed by atoms with Crippen molar-refractivity contribution in [2.75, 3.05) is 19.0 Å². The molecule has 0 aliphatic rings. The molecule has 1 heterocycles. The van der Waals surface area contributed by atoms with Crippen LogP contribution in [-0.4, -0.2) is 35.3 Å². The fourth-order valence-corrected chi connectivity index (χ4v) is 3.64. The summed E-state index contributed by atoms with van der Waals surface area (Å²) in [6.07, 6.45) is 0.705. The number of nitrogens with zero attached hydrogens (tertiary/aromatic N) is 3. The minimum atomic E-state index is -0.260. The number of rotatable bonds is 7. The van der Waals surface area contributed by atoms with Gasteiger partial charge in [0.25, 0.3) is 5.91 Å². The Morgan fingerprint density at radius 3 is 2.59 bits per heavy atom. The molecule has 0 spiro atoms. The van der Waals surface area contributed by atoms with Gasteiger partial charge in [-0.1, -0.05) is 29.8 Å². The number of amides is 1. The minimum Gasteiger partial charge on any atom is -0.495 e. The molecule has 1 amide bonds. The SMILES string of the molecule is CCn1nc(C)c(CCN=C(NC(=O)c2ccccc2)Nc2cc(Cl)ccc2OC)c1C. The van der Waals surface area contributed by atoms with Crippen LogP contribution >= 0.6 is 11.6 Å². The standard InChI is InChI=1S/C24H28ClN5O2/c1-5-30-17(3)20(16(2)29-30)13-14-26-24(28-23(31)18-9-7-6-8-10-18)27-21-15-19(25)11-12-22(21)32-4/h6-12,15H,5,13-14H2,1-4H3,(H2,26,27,28,31). The van der Waals surface area contributed by atoms with E-state index in [4.69, 9.17) is 16.3 Å². The number of methoxy groups -OCH3 is 1. The topological polar surface area (TPSA) is 80.5 Å². The molecule has 32 heavy (non-hydrogen) atoms. The number of hydrogen-bond acceptors (Lipinski definition) is 4. The Labute approximate surface area is 193 Å². The summed E-state index contributed by atoms with van der Waals surface area (Å²) in [5.74, 6) is 0.647. The number of aromatic nitrogens is 2. The molecule has 8 heteroatoms. The molecular formula is C24H28ClN5O2. The average Bonchev–Trinajstić information content (AvgIpc) is 3.07. The van der Waals surface area contributed by atoms with Gasteiger partial charge in [0.1, 0.15) is 5.75 Å². The quantitative estimate of drug-likeness (QED) is 0.404. The number of halogens is 1. The molecular weight excluding hydrogens is 426 g/mol. The van der Waals surface area contributed by atoms with E-state index >= 15 is 0 Å². The second kappa shape index (κ2) is 10.8. The van der Waals surface area contributed by atoms with E-state index in [2.05, 4.69) is 34.6 Å². The number of carbonyl (C=O) groups is 1. The van der Waals surface area contributed by atoms with Crippen molar-refractivity contribution >= 4 is 29.2 Å². The Hall–Kier alpha value is -3.32. The van der Waals surface area contributed by atoms with Crippen LogP contribution in [0, 0.1) is 13.8 Å². The van der Waals surface area contributed by atoms with Gasteiger partial charge in [0.15, 0.2) is 0 Å². The van der Waals surface area contributed by atoms with E-state index in [0.29, 0.717) is 40.9 Å². The molecule has 3 aromatic rings. The number of guanidine groups is 1. The normalized spacial score (nSPS) is 11.3. The second-order valence-electron chi connectivity index (χ2n) is 7.24. The summed E-state index contributed by atoms with van der Waals surface area (Å²) in [6, 6.07) is 14.2. The Kier molecular flexibility index (Phi) is 7.89. The molecule has 1 aromatic heterocycles. The lowest BCUT2D eigenvalue weighted by molar-refractivity contribution is 0.0977. The molecule has 0 bridgehead atoms. The minimum absolute atomic E-state index is 0.260. The molecule has 0 aliphatic heterocycles. The van der Waals surface area contributed by atoms with Gasteiger partial charge in [0.05, 0.1) is 18.5 Å². The molecule has 0 radical (unpaired) electrons. The summed E-state index contributed by atoms with van der Waals surface area (Å²) in [6.45, 7) is 7.43. The molecule has 7 nitrogen and oxygen atoms in total. The van der Waals surface area contributed by atoms with Crippen molar-refractivity contribution in [1.29, 1.82) is 0 Å². The van der Waals surface area contributed by atoms with Gasteiger partial charge in [-0.2, -0.15) is 5.10 Å². The van der Waals surface area contributed by atoms with Crippen molar-refractivity contribution in [3.8, 4) is 5.75 Å². The number of aliphatic imine (C=N–C) groups is 1. The van der Waals surface area contributed by atoms with Crippen LogP contribution in [0.15, 0.2) is 53.5 Å². The zero-order valence-corrected chi connectivity index (χ0v) is 19.5. The van der Waals surface area contributed by atoms with Gasteiger partial charge in [-0.15, -0.1) is 0 Å². The van der Waals surface area contributed by atoms with Crippen molar-refractivity contribution in [2.45, 2.75) is 33.7 Å². The van der Waals surface area contributed by atoms with Gasteiger partial charge in [-0.25, -0.2) is 0 Å². The summed E-state index contributed by atoms with van der Waals surface area (Å²) < 4.78 is 7.40. The van der Waals surface area contributed by atoms with Gasteiger partial charge in [-0.3, -0.25) is 19.8 Å². The second-order valence-corrected chi connectivity index (χ2v) is 7.67. The van der Waals surface area contributed by atoms with Gasteiger partial charge in [0, 0.05) is 29.4 Å². The number of aryl methyl sites for hydroxylation is 2. The van der Waals surface area contributed by atoms with Crippen LogP contribution in [-0.2, 0) is 13.0 Å². The van der Waals surface area contributed by atoms with Crippen LogP contribution < -0.4 is 15.4 Å². The van der Waals surface area contributed by atoms with Crippen molar-refractivity contribution in [2.24, 2.45) is 4.99 Å². The third-order valence-electron chi connectivity index (χ3n) is 5.15. The van der Waals surface area contributed by atoms with Crippen molar-refractivity contribution in [1.82, 2.24) is 15.1 Å². The van der Waals surface area contributed by atoms with E-state index < -0.39 is 0 Å². The lowest BCUT2D eigenvalue weighted by Crippen LogP contribution is -2.36. The number of anilines is 1. The van der Waals surface area contributed by atoms with E-state index in [-0.39, 0.29) is 5.91 Å². The Bertz CT molecular complexity index is 1110. The molecule has 0 saturated carbocycles. The number of benzene rings is 2. The zero-order chi connectivity index (χ0) is 23.1. The molecule has 168 valence electrons. The lowest BCUT2D eigenvalue weighted by Gasteiger charge is -2.15. The highest BCUT2D eigenvalue weighted by molar-refractivity contribution is 6.31. The predicted molar refractivity (Wildman–Crippen MR) is 129 cm³/mol. The first-order chi connectivity index (χ1) is 15.4. The molecule has 3 rings (SSSR count). The van der Waals surface area contributed by atoms with Crippen LogP contribution in [0.3, 0.4) is 0 Å². The van der Waals surface area contributed by atoms with Gasteiger partial charge in [0.2, 0.25) is 5.96 Å². The summed E-state index contributed by atoms with van der Waals surface area (Å²) in [5.41, 5.74) is 4.46. The fourth-order valence-electron chi connectivity index (χ4n) is 3.47. The van der Waals surface area contributed by atoms with Gasteiger partial charge >= 0.3 is 0 Å². The van der Waals surface area contributed by atoms with Crippen molar-refractivity contribution in [3.63, 3.8) is 0 Å². The van der Waals surface area contributed by atoms with Crippen molar-refractivity contribution in [3.05, 3.63) is 76.1 Å². The first-order valence-electron chi connectivity index (χ1n) is 10.5. The Morgan fingerprint density at radius 1 is 1.19 bits per heavy atom. The number of hydrogen-bond donors (Lipinski definition) is 2. The molecule has 0 unspecified atom stereocenters. The first-order valence-corrected chi connectivity index (χ1v) is 10.8. The monoisotopic (exact) mass is 453 g/mol. The summed E-state index contributed by atoms with van der Waals surface area (Å²) in [7, 11) is 1.57. The van der Waals surface area contributed by atoms with Crippen LogP contribution in [0.5, 0.6) is 5.75 Å². The molecule has 2 aromatic carbocycles. The van der Waals surface area contributed by atoms with Gasteiger partial charge in [-0.05, 0) is 63.1 Å². The highest BCUT2D eigenvalue weighted by atomic mass is 35.5. The van der Waals surface area contributed by atoms with Crippen LogP contribution in [0.1, 0.15) is 34.2 Å². The molecule has 0 aliphatic carbocycles. The summed E-state index contributed by atoms with van der Waals surface area (Å²) in [5, 5.41) is 11.1. The average molecular weight is 454 g/mol. The van der Waals surface area contributed by atoms with Gasteiger partial charge < -0.3 is 10.1 Å². The zero-order valence-electron chi connectivity index (χ0n) is 18.8. The van der Waals surface area contributed by atoms with Crippen LogP contribution in [0.2, 0.25) is 5.02 Å². The highest BCUT2D eigenvalue weighted by Gasteiger charge is 2.13. The van der Waals surface area contributed by atoms with E-state index in [9.17, 15) is 4.79 Å². The molecule has 2 N–H and O–H groups in total. The predicted octanol–water partition coefficient (Wildman–Crippen LogP) is 4.62. The third-order valence-corrected chi connectivity index (χ3v) is 5.38. The molecule has 0 saturated heterocycles. The van der Waals surface area contributed by atoms with Crippen LogP contribution in [0.4, 0.5) is 5.69 Å². The number of carbonyl (C=O) groups excluding carboxylic acids is 1. The van der Waals surface area contributed by atoms with Crippen molar-refractivity contribution < 1.29 is 9.53 Å². The van der Waals surface area contributed by atoms with E-state index in [0.717, 1.165) is 17.9 Å². The highest BCUT2D eigenvalue weighted by Crippen LogP contribution is 2.27. The first kappa shape index (κ1) is 23.3. The fraction of sp³-hybridized carbons (Fsp3) is 0.292. The van der Waals surface area contributed by atoms with Crippen LogP contribution in [0.25, 0.3) is 0 Å². The Balaban J connectivity index is 1.83. The Morgan fingerprint density at radius 2 is 1.94 bits per heavy atom. The third kappa shape index (κ3) is 5.68. The maximum absolute atomic E-state index is 12.7. The largest absolute Gasteiger partial charge is 0.495 e. The van der Waals surface area contributed by atoms with E-state index in [1.165, 1.54) is 5.56 Å². The molecule has 0 atom stereocenters. The lowest BCUT2D eigenvalue weighted by atomic mass is 10.1. The molecule has 0 fully saturated rings. The van der Waals surface area contributed by atoms with E-state index in [1.807, 2.05) is 29.8 Å².